The van der Waals surface area contributed by atoms with E-state index >= 15 is 0 Å². The molecule has 0 atom stereocenters. The van der Waals surface area contributed by atoms with E-state index in [1.165, 1.54) is 24.3 Å². The molecule has 0 aliphatic heterocycles. The first-order valence-electron chi connectivity index (χ1n) is 8.69. The Morgan fingerprint density at radius 3 is 2.55 bits per heavy atom. The number of sulfone groups is 1. The van der Waals surface area contributed by atoms with E-state index in [-0.39, 0.29) is 40.4 Å². The zero-order chi connectivity index (χ0) is 21.4. The lowest BCUT2D eigenvalue weighted by Gasteiger charge is -2.42. The highest BCUT2D eigenvalue weighted by molar-refractivity contribution is 7.92. The van der Waals surface area contributed by atoms with Crippen molar-refractivity contribution in [3.63, 3.8) is 0 Å². The number of nitrogens with one attached hydrogen (secondary N) is 1. The molecule has 1 aliphatic rings. The predicted molar refractivity (Wildman–Crippen MR) is 106 cm³/mol. The molecule has 5 nitrogen and oxygen atoms in total. The van der Waals surface area contributed by atoms with Gasteiger partial charge in [0.2, 0.25) is 0 Å². The van der Waals surface area contributed by atoms with Gasteiger partial charge in [-0.2, -0.15) is 0 Å². The van der Waals surface area contributed by atoms with Crippen molar-refractivity contribution in [1.29, 1.82) is 0 Å². The highest BCUT2D eigenvalue weighted by Gasteiger charge is 2.49. The Labute approximate surface area is 171 Å². The quantitative estimate of drug-likeness (QED) is 0.661. The van der Waals surface area contributed by atoms with Crippen LogP contribution in [0.1, 0.15) is 29.6 Å². The lowest BCUT2D eigenvalue weighted by molar-refractivity contribution is -0.0268. The Morgan fingerprint density at radius 1 is 1.24 bits per heavy atom. The van der Waals surface area contributed by atoms with Gasteiger partial charge in [0.15, 0.2) is 21.5 Å². The van der Waals surface area contributed by atoms with Gasteiger partial charge in [-0.25, -0.2) is 17.2 Å². The van der Waals surface area contributed by atoms with E-state index in [0.717, 1.165) is 18.2 Å². The molecule has 0 aromatic heterocycles. The summed E-state index contributed by atoms with van der Waals surface area (Å²) < 4.78 is 52.1. The molecule has 29 heavy (non-hydrogen) atoms. The Hall–Kier alpha value is -2.29. The van der Waals surface area contributed by atoms with Gasteiger partial charge in [-0.3, -0.25) is 4.79 Å². The lowest BCUT2D eigenvalue weighted by Crippen LogP contribution is -2.50. The van der Waals surface area contributed by atoms with E-state index in [1.54, 1.807) is 0 Å². The van der Waals surface area contributed by atoms with Crippen LogP contribution in [0.3, 0.4) is 0 Å². The van der Waals surface area contributed by atoms with Crippen molar-refractivity contribution in [2.45, 2.75) is 35.0 Å². The van der Waals surface area contributed by atoms with Crippen LogP contribution in [0.4, 0.5) is 14.5 Å². The first kappa shape index (κ1) is 21.4. The second-order valence-corrected chi connectivity index (χ2v) is 9.62. The molecular formula is C20H18ClF2NO4S. The summed E-state index contributed by atoms with van der Waals surface area (Å²) in [5.41, 5.74) is -1.10. The number of amides is 1. The molecule has 154 valence electrons. The number of hydrogen-bond acceptors (Lipinski definition) is 4. The molecule has 0 heterocycles. The van der Waals surface area contributed by atoms with Crippen molar-refractivity contribution in [2.75, 3.05) is 5.32 Å². The fourth-order valence-electron chi connectivity index (χ4n) is 3.26. The third-order valence-corrected chi connectivity index (χ3v) is 7.46. The smallest absolute Gasteiger partial charge is 0.255 e. The third kappa shape index (κ3) is 4.34. The molecule has 0 unspecified atom stereocenters. The second kappa shape index (κ2) is 7.85. The number of hydrogen-bond donors (Lipinski definition) is 2. The molecular weight excluding hydrogens is 424 g/mol. The number of aliphatic hydroxyl groups is 1. The summed E-state index contributed by atoms with van der Waals surface area (Å²) in [6.07, 6.45) is 1.90. The molecule has 3 rings (SSSR count). The molecule has 2 aromatic carbocycles. The molecule has 2 aromatic rings. The van der Waals surface area contributed by atoms with Crippen LogP contribution in [0, 0.1) is 11.6 Å². The summed E-state index contributed by atoms with van der Waals surface area (Å²) in [6.45, 7) is 3.54. The first-order valence-corrected chi connectivity index (χ1v) is 10.6. The Kier molecular flexibility index (Phi) is 5.80. The highest BCUT2D eigenvalue weighted by Crippen LogP contribution is 2.43. The summed E-state index contributed by atoms with van der Waals surface area (Å²) in [6, 6.07) is 6.60. The van der Waals surface area contributed by atoms with Gasteiger partial charge in [-0.05, 0) is 49.6 Å². The Bertz CT molecular complexity index is 1080. The first-order chi connectivity index (χ1) is 13.6. The minimum Gasteiger partial charge on any atom is -0.389 e. The van der Waals surface area contributed by atoms with Crippen molar-refractivity contribution < 1.29 is 27.1 Å². The van der Waals surface area contributed by atoms with Crippen LogP contribution in [-0.2, 0) is 9.84 Å². The average molecular weight is 442 g/mol. The van der Waals surface area contributed by atoms with E-state index in [0.29, 0.717) is 0 Å². The standard InChI is InChI=1S/C20H18ClF2NO4S/c1-2-7-20(26)10-14(11-20)29(27,28)18-8-12(3-5-15(18)21)19(25)24-13-4-6-16(22)17(23)9-13/h2-6,8-9,14,26H,1,7,10-11H2,(H,24,25). The maximum absolute atomic E-state index is 13.3. The van der Waals surface area contributed by atoms with Gasteiger partial charge < -0.3 is 10.4 Å². The van der Waals surface area contributed by atoms with E-state index in [9.17, 15) is 27.1 Å². The number of benzene rings is 2. The molecule has 0 radical (unpaired) electrons. The predicted octanol–water partition coefficient (Wildman–Crippen LogP) is 4.11. The van der Waals surface area contributed by atoms with Crippen LogP contribution in [-0.4, -0.2) is 30.3 Å². The number of rotatable bonds is 6. The molecule has 0 spiro atoms. The molecule has 2 N–H and O–H groups in total. The van der Waals surface area contributed by atoms with Crippen molar-refractivity contribution in [1.82, 2.24) is 0 Å². The van der Waals surface area contributed by atoms with Gasteiger partial charge in [0.25, 0.3) is 5.91 Å². The van der Waals surface area contributed by atoms with E-state index in [1.807, 2.05) is 0 Å². The number of carbonyl (C=O) groups excluding carboxylic acids is 1. The fraction of sp³-hybridized carbons (Fsp3) is 0.250. The van der Waals surface area contributed by atoms with Crippen molar-refractivity contribution in [3.8, 4) is 0 Å². The van der Waals surface area contributed by atoms with Gasteiger partial charge in [0.05, 0.1) is 20.8 Å². The van der Waals surface area contributed by atoms with E-state index in [2.05, 4.69) is 11.9 Å². The van der Waals surface area contributed by atoms with Crippen molar-refractivity contribution in [2.24, 2.45) is 0 Å². The maximum atomic E-state index is 13.3. The molecule has 1 aliphatic carbocycles. The van der Waals surface area contributed by atoms with Gasteiger partial charge in [-0.1, -0.05) is 17.7 Å². The summed E-state index contributed by atoms with van der Waals surface area (Å²) >= 11 is 6.06. The molecule has 0 bridgehead atoms. The minimum atomic E-state index is -3.88. The van der Waals surface area contributed by atoms with Gasteiger partial charge in [-0.15, -0.1) is 6.58 Å². The normalized spacial score (nSPS) is 21.3. The molecule has 1 amide bonds. The Morgan fingerprint density at radius 2 is 1.93 bits per heavy atom. The van der Waals surface area contributed by atoms with Gasteiger partial charge in [0.1, 0.15) is 0 Å². The van der Waals surface area contributed by atoms with Crippen molar-refractivity contribution in [3.05, 3.63) is 71.3 Å². The van der Waals surface area contributed by atoms with Gasteiger partial charge >= 0.3 is 0 Å². The highest BCUT2D eigenvalue weighted by atomic mass is 35.5. The van der Waals surface area contributed by atoms with Crippen LogP contribution < -0.4 is 5.32 Å². The summed E-state index contributed by atoms with van der Waals surface area (Å²) in [5.74, 6) is -2.89. The molecule has 9 heteroatoms. The monoisotopic (exact) mass is 441 g/mol. The van der Waals surface area contributed by atoms with Crippen LogP contribution in [0.5, 0.6) is 0 Å². The summed E-state index contributed by atoms with van der Waals surface area (Å²) in [4.78, 5) is 12.2. The van der Waals surface area contributed by atoms with Crippen LogP contribution in [0.15, 0.2) is 53.9 Å². The second-order valence-electron chi connectivity index (χ2n) is 7.02. The molecule has 0 saturated heterocycles. The van der Waals surface area contributed by atoms with E-state index < -0.39 is 38.2 Å². The Balaban J connectivity index is 1.83. The zero-order valence-electron chi connectivity index (χ0n) is 15.2. The van der Waals surface area contributed by atoms with E-state index in [4.69, 9.17) is 11.6 Å². The third-order valence-electron chi connectivity index (χ3n) is 4.86. The summed E-state index contributed by atoms with van der Waals surface area (Å²) in [5, 5.41) is 11.7. The average Bonchev–Trinajstić information content (AvgIpc) is 2.63. The number of halogens is 3. The number of anilines is 1. The van der Waals surface area contributed by atoms with Crippen LogP contribution >= 0.6 is 11.6 Å². The number of carbonyl (C=O) groups is 1. The minimum absolute atomic E-state index is 0.0154. The lowest BCUT2D eigenvalue weighted by atomic mass is 9.77. The summed E-state index contributed by atoms with van der Waals surface area (Å²) in [7, 11) is -3.88. The zero-order valence-corrected chi connectivity index (χ0v) is 16.7. The maximum Gasteiger partial charge on any atom is 0.255 e. The topological polar surface area (TPSA) is 83.5 Å². The largest absolute Gasteiger partial charge is 0.389 e. The van der Waals surface area contributed by atoms with Crippen molar-refractivity contribution >= 4 is 33.0 Å². The van der Waals surface area contributed by atoms with Crippen LogP contribution in [0.25, 0.3) is 0 Å². The molecule has 1 saturated carbocycles. The fourth-order valence-corrected chi connectivity index (χ4v) is 5.75. The van der Waals surface area contributed by atoms with Gasteiger partial charge in [0, 0.05) is 17.3 Å². The SMILES string of the molecule is C=CCC1(O)CC(S(=O)(=O)c2cc(C(=O)Nc3ccc(F)c(F)c3)ccc2Cl)C1. The van der Waals surface area contributed by atoms with Crippen LogP contribution in [0.2, 0.25) is 5.02 Å². The molecule has 1 fully saturated rings.